The summed E-state index contributed by atoms with van der Waals surface area (Å²) in [5.41, 5.74) is 7.17. The molecule has 1 atom stereocenters. The van der Waals surface area contributed by atoms with Crippen LogP contribution in [-0.4, -0.2) is 17.6 Å². The van der Waals surface area contributed by atoms with Gasteiger partial charge in [-0.1, -0.05) is 46.3 Å². The zero-order valence-electron chi connectivity index (χ0n) is 10.7. The lowest BCUT2D eigenvalue weighted by Crippen LogP contribution is -2.31. The molecule has 0 radical (unpaired) electrons. The topological polar surface area (TPSA) is 75.3 Å². The molecular formula is C15H15BrN2O2. The fourth-order valence-corrected chi connectivity index (χ4v) is 2.17. The predicted octanol–water partition coefficient (Wildman–Crippen LogP) is 2.58. The minimum Gasteiger partial charge on any atom is -0.507 e. The summed E-state index contributed by atoms with van der Waals surface area (Å²) in [6, 6.07) is 14.0. The Morgan fingerprint density at radius 3 is 2.65 bits per heavy atom. The van der Waals surface area contributed by atoms with E-state index in [2.05, 4.69) is 21.2 Å². The molecule has 0 fully saturated rings. The Hall–Kier alpha value is -1.85. The molecule has 0 aliphatic carbocycles. The van der Waals surface area contributed by atoms with Crippen molar-refractivity contribution in [2.45, 2.75) is 6.04 Å². The van der Waals surface area contributed by atoms with E-state index in [1.807, 2.05) is 30.3 Å². The molecule has 0 spiro atoms. The van der Waals surface area contributed by atoms with Crippen molar-refractivity contribution in [3.63, 3.8) is 0 Å². The van der Waals surface area contributed by atoms with Gasteiger partial charge in [-0.3, -0.25) is 4.79 Å². The van der Waals surface area contributed by atoms with Crippen LogP contribution in [-0.2, 0) is 0 Å². The van der Waals surface area contributed by atoms with Gasteiger partial charge in [0, 0.05) is 17.1 Å². The van der Waals surface area contributed by atoms with Crippen LogP contribution in [0.3, 0.4) is 0 Å². The highest BCUT2D eigenvalue weighted by atomic mass is 79.9. The Labute approximate surface area is 125 Å². The van der Waals surface area contributed by atoms with Gasteiger partial charge in [-0.2, -0.15) is 0 Å². The normalized spacial score (nSPS) is 11.9. The molecule has 0 aliphatic heterocycles. The minimum atomic E-state index is -0.352. The molecule has 20 heavy (non-hydrogen) atoms. The van der Waals surface area contributed by atoms with Gasteiger partial charge in [0.15, 0.2) is 0 Å². The maximum Gasteiger partial charge on any atom is 0.255 e. The first kappa shape index (κ1) is 14.6. The summed E-state index contributed by atoms with van der Waals surface area (Å²) in [5.74, 6) is -0.408. The molecule has 2 aromatic rings. The molecule has 5 heteroatoms. The van der Waals surface area contributed by atoms with Crippen molar-refractivity contribution in [2.75, 3.05) is 6.54 Å². The van der Waals surface area contributed by atoms with Gasteiger partial charge in [0.1, 0.15) is 5.75 Å². The molecule has 4 N–H and O–H groups in total. The molecule has 0 bridgehead atoms. The standard InChI is InChI=1S/C15H15BrN2O2/c16-11-6-7-14(19)12(8-11)15(20)18-9-13(17)10-4-2-1-3-5-10/h1-8,13,19H,9,17H2,(H,18,20). The van der Waals surface area contributed by atoms with E-state index in [1.54, 1.807) is 12.1 Å². The van der Waals surface area contributed by atoms with Crippen molar-refractivity contribution >= 4 is 21.8 Å². The molecule has 1 unspecified atom stereocenters. The van der Waals surface area contributed by atoms with Crippen LogP contribution in [0.5, 0.6) is 5.75 Å². The summed E-state index contributed by atoms with van der Waals surface area (Å²) < 4.78 is 0.729. The van der Waals surface area contributed by atoms with Crippen molar-refractivity contribution in [1.82, 2.24) is 5.32 Å². The van der Waals surface area contributed by atoms with Gasteiger partial charge in [0.25, 0.3) is 5.91 Å². The van der Waals surface area contributed by atoms with E-state index in [1.165, 1.54) is 6.07 Å². The molecule has 4 nitrogen and oxygen atoms in total. The Balaban J connectivity index is 2.00. The molecule has 0 aromatic heterocycles. The number of phenolic OH excluding ortho intramolecular Hbond substituents is 1. The van der Waals surface area contributed by atoms with Crippen LogP contribution in [0.4, 0.5) is 0 Å². The van der Waals surface area contributed by atoms with E-state index < -0.39 is 0 Å². The molecule has 0 aliphatic rings. The second-order valence-electron chi connectivity index (χ2n) is 4.39. The van der Waals surface area contributed by atoms with Gasteiger partial charge in [-0.05, 0) is 23.8 Å². The maximum absolute atomic E-state index is 12.0. The monoisotopic (exact) mass is 334 g/mol. The quantitative estimate of drug-likeness (QED) is 0.804. The SMILES string of the molecule is NC(CNC(=O)c1cc(Br)ccc1O)c1ccccc1. The smallest absolute Gasteiger partial charge is 0.255 e. The highest BCUT2D eigenvalue weighted by molar-refractivity contribution is 9.10. The van der Waals surface area contributed by atoms with E-state index in [0.717, 1.165) is 10.0 Å². The van der Waals surface area contributed by atoms with Gasteiger partial charge in [-0.25, -0.2) is 0 Å². The van der Waals surface area contributed by atoms with E-state index in [9.17, 15) is 9.90 Å². The highest BCUT2D eigenvalue weighted by Crippen LogP contribution is 2.21. The van der Waals surface area contributed by atoms with E-state index in [-0.39, 0.29) is 23.3 Å². The van der Waals surface area contributed by atoms with Crippen LogP contribution in [0, 0.1) is 0 Å². The molecule has 0 saturated heterocycles. The number of nitrogens with one attached hydrogen (secondary N) is 1. The fourth-order valence-electron chi connectivity index (χ4n) is 1.81. The maximum atomic E-state index is 12.0. The summed E-state index contributed by atoms with van der Waals surface area (Å²) in [7, 11) is 0. The highest BCUT2D eigenvalue weighted by Gasteiger charge is 2.13. The number of hydrogen-bond donors (Lipinski definition) is 3. The molecule has 104 valence electrons. The van der Waals surface area contributed by atoms with Crippen molar-refractivity contribution in [2.24, 2.45) is 5.73 Å². The molecule has 0 heterocycles. The van der Waals surface area contributed by atoms with Crippen molar-refractivity contribution in [1.29, 1.82) is 0 Å². The van der Waals surface area contributed by atoms with E-state index in [0.29, 0.717) is 6.54 Å². The van der Waals surface area contributed by atoms with Gasteiger partial charge in [-0.15, -0.1) is 0 Å². The second kappa shape index (κ2) is 6.54. The van der Waals surface area contributed by atoms with Crippen LogP contribution in [0.15, 0.2) is 53.0 Å². The summed E-state index contributed by atoms with van der Waals surface area (Å²) in [6.45, 7) is 0.300. The van der Waals surface area contributed by atoms with Gasteiger partial charge in [0.2, 0.25) is 0 Å². The van der Waals surface area contributed by atoms with Gasteiger partial charge in [0.05, 0.1) is 5.56 Å². The van der Waals surface area contributed by atoms with Crippen LogP contribution in [0.1, 0.15) is 22.0 Å². The number of carbonyl (C=O) groups is 1. The first-order valence-corrected chi connectivity index (χ1v) is 6.94. The first-order chi connectivity index (χ1) is 9.58. The lowest BCUT2D eigenvalue weighted by atomic mass is 10.1. The number of phenols is 1. The van der Waals surface area contributed by atoms with Crippen LogP contribution in [0.25, 0.3) is 0 Å². The average Bonchev–Trinajstić information content (AvgIpc) is 2.47. The predicted molar refractivity (Wildman–Crippen MR) is 81.5 cm³/mol. The minimum absolute atomic E-state index is 0.0565. The number of amides is 1. The number of aromatic hydroxyl groups is 1. The average molecular weight is 335 g/mol. The second-order valence-corrected chi connectivity index (χ2v) is 5.30. The number of hydrogen-bond acceptors (Lipinski definition) is 3. The molecule has 0 saturated carbocycles. The summed E-state index contributed by atoms with van der Waals surface area (Å²) in [4.78, 5) is 12.0. The summed E-state index contributed by atoms with van der Waals surface area (Å²) in [5, 5.41) is 12.4. The number of halogens is 1. The third-order valence-electron chi connectivity index (χ3n) is 2.91. The third-order valence-corrected chi connectivity index (χ3v) is 3.41. The lowest BCUT2D eigenvalue weighted by molar-refractivity contribution is 0.0948. The van der Waals surface area contributed by atoms with Crippen molar-refractivity contribution in [3.8, 4) is 5.75 Å². The Morgan fingerprint density at radius 1 is 1.25 bits per heavy atom. The summed E-state index contributed by atoms with van der Waals surface area (Å²) >= 11 is 3.27. The lowest BCUT2D eigenvalue weighted by Gasteiger charge is -2.13. The van der Waals surface area contributed by atoms with Gasteiger partial charge >= 0.3 is 0 Å². The Bertz CT molecular complexity index is 602. The van der Waals surface area contributed by atoms with Crippen LogP contribution in [0.2, 0.25) is 0 Å². The summed E-state index contributed by atoms with van der Waals surface area (Å²) in [6.07, 6.45) is 0. The van der Waals surface area contributed by atoms with E-state index in [4.69, 9.17) is 5.73 Å². The largest absolute Gasteiger partial charge is 0.507 e. The number of rotatable bonds is 4. The molecule has 1 amide bonds. The number of carbonyl (C=O) groups excluding carboxylic acids is 1. The van der Waals surface area contributed by atoms with Crippen molar-refractivity contribution in [3.05, 3.63) is 64.1 Å². The Kier molecular flexibility index (Phi) is 4.76. The number of nitrogens with two attached hydrogens (primary N) is 1. The van der Waals surface area contributed by atoms with Crippen LogP contribution >= 0.6 is 15.9 Å². The third kappa shape index (κ3) is 3.59. The zero-order chi connectivity index (χ0) is 14.5. The molecule has 2 aromatic carbocycles. The zero-order valence-corrected chi connectivity index (χ0v) is 12.3. The van der Waals surface area contributed by atoms with E-state index >= 15 is 0 Å². The first-order valence-electron chi connectivity index (χ1n) is 6.15. The molecular weight excluding hydrogens is 320 g/mol. The fraction of sp³-hybridized carbons (Fsp3) is 0.133. The Morgan fingerprint density at radius 2 is 1.95 bits per heavy atom. The van der Waals surface area contributed by atoms with Crippen molar-refractivity contribution < 1.29 is 9.90 Å². The number of benzene rings is 2. The van der Waals surface area contributed by atoms with Crippen LogP contribution < -0.4 is 11.1 Å². The van der Waals surface area contributed by atoms with Gasteiger partial charge < -0.3 is 16.2 Å². The molecule has 2 rings (SSSR count).